The minimum Gasteiger partial charge on any atom is -0.494 e. The van der Waals surface area contributed by atoms with E-state index in [-0.39, 0.29) is 6.42 Å². The van der Waals surface area contributed by atoms with E-state index in [0.717, 1.165) is 18.6 Å². The molecule has 0 unspecified atom stereocenters. The lowest BCUT2D eigenvalue weighted by Gasteiger charge is -2.07. The summed E-state index contributed by atoms with van der Waals surface area (Å²) in [7, 11) is 0. The number of hydrogen-bond donors (Lipinski definition) is 2. The Morgan fingerprint density at radius 2 is 1.83 bits per heavy atom. The maximum absolute atomic E-state index is 11.5. The number of amides is 3. The predicted octanol–water partition coefficient (Wildman–Crippen LogP) is 2.01. The molecule has 0 fully saturated rings. The molecule has 132 valence electrons. The number of imide groups is 1. The molecule has 0 radical (unpaired) electrons. The number of benzene rings is 1. The molecule has 0 aliphatic carbocycles. The van der Waals surface area contributed by atoms with Crippen LogP contribution in [0.4, 0.5) is 4.79 Å². The van der Waals surface area contributed by atoms with Crippen LogP contribution >= 0.6 is 0 Å². The molecule has 0 bridgehead atoms. The molecular weight excluding hydrogens is 312 g/mol. The summed E-state index contributed by atoms with van der Waals surface area (Å²) in [5, 5.41) is 4.62. The van der Waals surface area contributed by atoms with Gasteiger partial charge in [-0.3, -0.25) is 14.9 Å². The summed E-state index contributed by atoms with van der Waals surface area (Å²) >= 11 is 0. The Kier molecular flexibility index (Phi) is 9.68. The van der Waals surface area contributed by atoms with Crippen LogP contribution in [-0.2, 0) is 14.3 Å². The third kappa shape index (κ3) is 9.45. The third-order valence-corrected chi connectivity index (χ3v) is 2.97. The van der Waals surface area contributed by atoms with Gasteiger partial charge in [0.2, 0.25) is 0 Å². The zero-order valence-corrected chi connectivity index (χ0v) is 13.9. The van der Waals surface area contributed by atoms with Gasteiger partial charge in [-0.1, -0.05) is 31.5 Å². The molecule has 0 spiro atoms. The smallest absolute Gasteiger partial charge is 0.321 e. The van der Waals surface area contributed by atoms with E-state index < -0.39 is 24.5 Å². The van der Waals surface area contributed by atoms with E-state index in [1.807, 2.05) is 37.3 Å². The quantitative estimate of drug-likeness (QED) is 0.503. The molecule has 1 aromatic rings. The van der Waals surface area contributed by atoms with Crippen LogP contribution in [0.3, 0.4) is 0 Å². The number of urea groups is 1. The molecule has 2 N–H and O–H groups in total. The number of rotatable bonds is 10. The van der Waals surface area contributed by atoms with Gasteiger partial charge in [-0.15, -0.1) is 0 Å². The average Bonchev–Trinajstić information content (AvgIpc) is 2.58. The normalized spacial score (nSPS) is 9.88. The Hall–Kier alpha value is -2.57. The first-order valence-corrected chi connectivity index (χ1v) is 8.03. The summed E-state index contributed by atoms with van der Waals surface area (Å²) in [4.78, 5) is 34.2. The summed E-state index contributed by atoms with van der Waals surface area (Å²) in [5.41, 5.74) is 0. The minimum atomic E-state index is -0.655. The number of carbonyl (C=O) groups is 3. The van der Waals surface area contributed by atoms with Crippen molar-refractivity contribution in [3.63, 3.8) is 0 Å². The number of hydrogen-bond acceptors (Lipinski definition) is 5. The van der Waals surface area contributed by atoms with Crippen LogP contribution in [0.25, 0.3) is 0 Å². The molecule has 7 nitrogen and oxygen atoms in total. The van der Waals surface area contributed by atoms with E-state index in [0.29, 0.717) is 19.6 Å². The van der Waals surface area contributed by atoms with E-state index in [9.17, 15) is 14.4 Å². The second-order valence-electron chi connectivity index (χ2n) is 5.08. The van der Waals surface area contributed by atoms with Crippen molar-refractivity contribution in [2.24, 2.45) is 0 Å². The predicted molar refractivity (Wildman–Crippen MR) is 88.6 cm³/mol. The molecule has 24 heavy (non-hydrogen) atoms. The van der Waals surface area contributed by atoms with Gasteiger partial charge < -0.3 is 14.8 Å². The lowest BCUT2D eigenvalue weighted by molar-refractivity contribution is -0.148. The molecule has 0 aliphatic heterocycles. The number of ether oxygens (including phenoxy) is 2. The highest BCUT2D eigenvalue weighted by Gasteiger charge is 2.10. The summed E-state index contributed by atoms with van der Waals surface area (Å²) < 4.78 is 10.2. The fourth-order valence-corrected chi connectivity index (χ4v) is 1.73. The molecule has 0 aromatic heterocycles. The molecule has 3 amide bonds. The molecule has 1 rings (SSSR count). The number of nitrogens with one attached hydrogen (secondary N) is 2. The second kappa shape index (κ2) is 11.9. The van der Waals surface area contributed by atoms with Gasteiger partial charge >= 0.3 is 12.0 Å². The maximum atomic E-state index is 11.5. The number of unbranched alkanes of at least 4 members (excludes halogenated alkanes) is 1. The molecule has 0 saturated heterocycles. The van der Waals surface area contributed by atoms with Crippen molar-refractivity contribution in [2.75, 3.05) is 19.8 Å². The summed E-state index contributed by atoms with van der Waals surface area (Å²) in [6, 6.07) is 8.68. The molecule has 1 aromatic carbocycles. The topological polar surface area (TPSA) is 93.7 Å². The van der Waals surface area contributed by atoms with Gasteiger partial charge in [0.15, 0.2) is 6.61 Å². The van der Waals surface area contributed by atoms with Crippen LogP contribution in [0, 0.1) is 0 Å². The lowest BCUT2D eigenvalue weighted by atomic mass is 10.3. The van der Waals surface area contributed by atoms with Gasteiger partial charge in [0.05, 0.1) is 6.61 Å². The Bertz CT molecular complexity index is 519. The molecular formula is C17H24N2O5. The van der Waals surface area contributed by atoms with Crippen LogP contribution < -0.4 is 15.4 Å². The Labute approximate surface area is 141 Å². The molecule has 0 aliphatic rings. The van der Waals surface area contributed by atoms with Gasteiger partial charge in [-0.2, -0.15) is 0 Å². The highest BCUT2D eigenvalue weighted by Crippen LogP contribution is 2.08. The zero-order chi connectivity index (χ0) is 17.6. The first kappa shape index (κ1) is 19.5. The third-order valence-electron chi connectivity index (χ3n) is 2.97. The van der Waals surface area contributed by atoms with Crippen molar-refractivity contribution in [2.45, 2.75) is 32.6 Å². The molecule has 0 saturated carbocycles. The fourth-order valence-electron chi connectivity index (χ4n) is 1.73. The van der Waals surface area contributed by atoms with Crippen LogP contribution in [0.5, 0.6) is 5.75 Å². The largest absolute Gasteiger partial charge is 0.494 e. The van der Waals surface area contributed by atoms with Crippen LogP contribution in [0.1, 0.15) is 32.6 Å². The van der Waals surface area contributed by atoms with Gasteiger partial charge in [0, 0.05) is 13.0 Å². The highest BCUT2D eigenvalue weighted by atomic mass is 16.5. The summed E-state index contributed by atoms with van der Waals surface area (Å²) in [5.74, 6) is -0.426. The van der Waals surface area contributed by atoms with Crippen molar-refractivity contribution in [1.82, 2.24) is 10.6 Å². The SMILES string of the molecule is CCCCNC(=O)NC(=O)COC(=O)CCCOc1ccccc1. The van der Waals surface area contributed by atoms with Crippen LogP contribution in [0.2, 0.25) is 0 Å². The number of para-hydroxylation sites is 1. The van der Waals surface area contributed by atoms with E-state index in [1.54, 1.807) is 0 Å². The monoisotopic (exact) mass is 336 g/mol. The highest BCUT2D eigenvalue weighted by molar-refractivity contribution is 5.95. The molecule has 7 heteroatoms. The van der Waals surface area contributed by atoms with E-state index in [1.165, 1.54) is 0 Å². The van der Waals surface area contributed by atoms with E-state index >= 15 is 0 Å². The van der Waals surface area contributed by atoms with Crippen molar-refractivity contribution in [1.29, 1.82) is 0 Å². The first-order valence-electron chi connectivity index (χ1n) is 8.03. The van der Waals surface area contributed by atoms with Gasteiger partial charge in [-0.25, -0.2) is 4.79 Å². The maximum Gasteiger partial charge on any atom is 0.321 e. The first-order chi connectivity index (χ1) is 11.6. The molecule has 0 atom stereocenters. The lowest BCUT2D eigenvalue weighted by Crippen LogP contribution is -2.41. The fraction of sp³-hybridized carbons (Fsp3) is 0.471. The minimum absolute atomic E-state index is 0.142. The number of carbonyl (C=O) groups excluding carboxylic acids is 3. The van der Waals surface area contributed by atoms with Crippen molar-refractivity contribution >= 4 is 17.9 Å². The van der Waals surface area contributed by atoms with E-state index in [4.69, 9.17) is 9.47 Å². The Morgan fingerprint density at radius 3 is 2.54 bits per heavy atom. The average molecular weight is 336 g/mol. The zero-order valence-electron chi connectivity index (χ0n) is 13.9. The summed E-state index contributed by atoms with van der Waals surface area (Å²) in [6.07, 6.45) is 2.40. The molecule has 0 heterocycles. The van der Waals surface area contributed by atoms with Crippen molar-refractivity contribution in [3.8, 4) is 5.75 Å². The van der Waals surface area contributed by atoms with Gasteiger partial charge in [-0.05, 0) is 25.0 Å². The van der Waals surface area contributed by atoms with Crippen LogP contribution in [-0.4, -0.2) is 37.7 Å². The second-order valence-corrected chi connectivity index (χ2v) is 5.08. The van der Waals surface area contributed by atoms with E-state index in [2.05, 4.69) is 10.6 Å². The Morgan fingerprint density at radius 1 is 1.08 bits per heavy atom. The van der Waals surface area contributed by atoms with Crippen LogP contribution in [0.15, 0.2) is 30.3 Å². The van der Waals surface area contributed by atoms with Gasteiger partial charge in [0.25, 0.3) is 5.91 Å². The Balaban J connectivity index is 2.06. The number of esters is 1. The van der Waals surface area contributed by atoms with Gasteiger partial charge in [0.1, 0.15) is 5.75 Å². The van der Waals surface area contributed by atoms with Crippen molar-refractivity contribution < 1.29 is 23.9 Å². The standard InChI is InChI=1S/C17H24N2O5/c1-2-3-11-18-17(22)19-15(20)13-24-16(21)10-7-12-23-14-8-5-4-6-9-14/h4-6,8-9H,2-3,7,10-13H2,1H3,(H2,18,19,20,22). The summed E-state index contributed by atoms with van der Waals surface area (Å²) in [6.45, 7) is 2.40. The van der Waals surface area contributed by atoms with Crippen molar-refractivity contribution in [3.05, 3.63) is 30.3 Å².